The number of aryl methyl sites for hydroxylation is 1. The number of aromatic nitrogens is 1. The maximum absolute atomic E-state index is 5.51. The molecule has 82 valence electrons. The first-order chi connectivity index (χ1) is 7.95. The lowest BCUT2D eigenvalue weighted by molar-refractivity contribution is 0.421. The van der Waals surface area contributed by atoms with Crippen molar-refractivity contribution in [3.8, 4) is 11.3 Å². The van der Waals surface area contributed by atoms with E-state index in [4.69, 9.17) is 4.52 Å². The van der Waals surface area contributed by atoms with Crippen molar-refractivity contribution in [2.75, 3.05) is 0 Å². The number of hydrogen-bond acceptors (Lipinski definition) is 2. The Labute approximate surface area is 95.3 Å². The summed E-state index contributed by atoms with van der Waals surface area (Å²) in [4.78, 5) is 0. The predicted molar refractivity (Wildman–Crippen MR) is 63.2 cm³/mol. The summed E-state index contributed by atoms with van der Waals surface area (Å²) in [6.07, 6.45) is 6.00. The minimum atomic E-state index is 0.984. The molecule has 0 amide bonds. The van der Waals surface area contributed by atoms with Gasteiger partial charge < -0.3 is 4.52 Å². The van der Waals surface area contributed by atoms with E-state index in [1.54, 1.807) is 0 Å². The SMILES string of the molecule is c1ccc(-c2onc3c2CCCCC3)cc1. The van der Waals surface area contributed by atoms with Crippen LogP contribution in [0.1, 0.15) is 30.5 Å². The van der Waals surface area contributed by atoms with Gasteiger partial charge in [0.25, 0.3) is 0 Å². The third-order valence-corrected chi connectivity index (χ3v) is 3.25. The molecule has 16 heavy (non-hydrogen) atoms. The highest BCUT2D eigenvalue weighted by molar-refractivity contribution is 5.62. The van der Waals surface area contributed by atoms with Crippen molar-refractivity contribution in [1.82, 2.24) is 5.16 Å². The van der Waals surface area contributed by atoms with Crippen LogP contribution in [-0.4, -0.2) is 5.16 Å². The summed E-state index contributed by atoms with van der Waals surface area (Å²) in [5, 5.41) is 4.22. The first-order valence-corrected chi connectivity index (χ1v) is 5.98. The number of benzene rings is 1. The molecule has 0 radical (unpaired) electrons. The number of hydrogen-bond donors (Lipinski definition) is 0. The Bertz CT molecular complexity index is 473. The van der Waals surface area contributed by atoms with Gasteiger partial charge in [-0.25, -0.2) is 0 Å². The lowest BCUT2D eigenvalue weighted by Gasteiger charge is -1.99. The second-order valence-electron chi connectivity index (χ2n) is 4.36. The molecule has 1 aliphatic rings. The smallest absolute Gasteiger partial charge is 0.170 e. The van der Waals surface area contributed by atoms with E-state index in [1.165, 1.54) is 30.5 Å². The Balaban J connectivity index is 2.06. The average Bonchev–Trinajstić information content (AvgIpc) is 2.60. The van der Waals surface area contributed by atoms with Crippen LogP contribution in [0.5, 0.6) is 0 Å². The Morgan fingerprint density at radius 2 is 1.75 bits per heavy atom. The van der Waals surface area contributed by atoms with Crippen molar-refractivity contribution in [2.24, 2.45) is 0 Å². The summed E-state index contributed by atoms with van der Waals surface area (Å²) in [7, 11) is 0. The number of nitrogens with zero attached hydrogens (tertiary/aromatic N) is 1. The quantitative estimate of drug-likeness (QED) is 0.676. The molecule has 2 nitrogen and oxygen atoms in total. The number of rotatable bonds is 1. The zero-order valence-electron chi connectivity index (χ0n) is 9.28. The molecule has 1 heterocycles. The van der Waals surface area contributed by atoms with Gasteiger partial charge in [-0.3, -0.25) is 0 Å². The maximum Gasteiger partial charge on any atom is 0.170 e. The molecule has 3 rings (SSSR count). The molecule has 0 fully saturated rings. The molecule has 0 N–H and O–H groups in total. The monoisotopic (exact) mass is 213 g/mol. The minimum Gasteiger partial charge on any atom is -0.356 e. The lowest BCUT2D eigenvalue weighted by Crippen LogP contribution is -1.88. The van der Waals surface area contributed by atoms with Crippen LogP contribution in [0.15, 0.2) is 34.9 Å². The fourth-order valence-electron chi connectivity index (χ4n) is 2.38. The molecule has 1 aromatic carbocycles. The van der Waals surface area contributed by atoms with Crippen LogP contribution in [-0.2, 0) is 12.8 Å². The van der Waals surface area contributed by atoms with E-state index >= 15 is 0 Å². The van der Waals surface area contributed by atoms with Crippen molar-refractivity contribution in [3.63, 3.8) is 0 Å². The van der Waals surface area contributed by atoms with Gasteiger partial charge in [0.15, 0.2) is 5.76 Å². The van der Waals surface area contributed by atoms with Gasteiger partial charge in [0, 0.05) is 11.1 Å². The zero-order chi connectivity index (χ0) is 10.8. The van der Waals surface area contributed by atoms with Crippen LogP contribution in [0.3, 0.4) is 0 Å². The summed E-state index contributed by atoms with van der Waals surface area (Å²) in [6, 6.07) is 10.3. The molecule has 0 aliphatic heterocycles. The highest BCUT2D eigenvalue weighted by Crippen LogP contribution is 2.30. The van der Waals surface area contributed by atoms with Crippen LogP contribution in [0.25, 0.3) is 11.3 Å². The van der Waals surface area contributed by atoms with Gasteiger partial charge in [0.2, 0.25) is 0 Å². The van der Waals surface area contributed by atoms with Crippen molar-refractivity contribution in [3.05, 3.63) is 41.6 Å². The van der Waals surface area contributed by atoms with Crippen LogP contribution in [0, 0.1) is 0 Å². The third kappa shape index (κ3) is 1.64. The average molecular weight is 213 g/mol. The van der Waals surface area contributed by atoms with E-state index < -0.39 is 0 Å². The molecule has 0 bridgehead atoms. The minimum absolute atomic E-state index is 0.984. The van der Waals surface area contributed by atoms with Gasteiger partial charge in [0.05, 0.1) is 5.69 Å². The Morgan fingerprint density at radius 3 is 2.62 bits per heavy atom. The second-order valence-corrected chi connectivity index (χ2v) is 4.36. The lowest BCUT2D eigenvalue weighted by atomic mass is 10.0. The largest absolute Gasteiger partial charge is 0.356 e. The zero-order valence-corrected chi connectivity index (χ0v) is 9.28. The second kappa shape index (κ2) is 4.12. The molecule has 1 aliphatic carbocycles. The van der Waals surface area contributed by atoms with E-state index in [0.717, 1.165) is 24.2 Å². The third-order valence-electron chi connectivity index (χ3n) is 3.25. The van der Waals surface area contributed by atoms with Gasteiger partial charge in [-0.2, -0.15) is 0 Å². The summed E-state index contributed by atoms with van der Waals surface area (Å²) < 4.78 is 5.51. The van der Waals surface area contributed by atoms with Gasteiger partial charge in [0.1, 0.15) is 0 Å². The van der Waals surface area contributed by atoms with Crippen LogP contribution >= 0.6 is 0 Å². The van der Waals surface area contributed by atoms with Gasteiger partial charge in [-0.1, -0.05) is 41.9 Å². The van der Waals surface area contributed by atoms with Gasteiger partial charge in [-0.15, -0.1) is 0 Å². The van der Waals surface area contributed by atoms with Crippen LogP contribution < -0.4 is 0 Å². The summed E-state index contributed by atoms with van der Waals surface area (Å²) in [5.74, 6) is 0.984. The van der Waals surface area contributed by atoms with Crippen molar-refractivity contribution in [1.29, 1.82) is 0 Å². The molecular weight excluding hydrogens is 198 g/mol. The molecule has 1 aromatic heterocycles. The summed E-state index contributed by atoms with van der Waals surface area (Å²) in [5.41, 5.74) is 3.67. The standard InChI is InChI=1S/C14H15NO/c1-3-7-11(8-4-1)14-12-9-5-2-6-10-13(12)15-16-14/h1,3-4,7-8H,2,5-6,9-10H2. The van der Waals surface area contributed by atoms with Crippen molar-refractivity contribution >= 4 is 0 Å². The van der Waals surface area contributed by atoms with E-state index in [1.807, 2.05) is 18.2 Å². The molecule has 2 aromatic rings. The molecule has 0 unspecified atom stereocenters. The fraction of sp³-hybridized carbons (Fsp3) is 0.357. The fourth-order valence-corrected chi connectivity index (χ4v) is 2.38. The molecule has 2 heteroatoms. The Hall–Kier alpha value is -1.57. The highest BCUT2D eigenvalue weighted by Gasteiger charge is 2.18. The van der Waals surface area contributed by atoms with Crippen molar-refractivity contribution in [2.45, 2.75) is 32.1 Å². The topological polar surface area (TPSA) is 26.0 Å². The molecule has 0 saturated heterocycles. The van der Waals surface area contributed by atoms with Crippen molar-refractivity contribution < 1.29 is 4.52 Å². The Kier molecular flexibility index (Phi) is 2.49. The summed E-state index contributed by atoms with van der Waals surface area (Å²) in [6.45, 7) is 0. The molecule has 0 atom stereocenters. The van der Waals surface area contributed by atoms with Crippen LogP contribution in [0.4, 0.5) is 0 Å². The van der Waals surface area contributed by atoms with E-state index in [9.17, 15) is 0 Å². The molecular formula is C14H15NO. The van der Waals surface area contributed by atoms with Gasteiger partial charge in [-0.05, 0) is 25.7 Å². The number of fused-ring (bicyclic) bond motifs is 1. The van der Waals surface area contributed by atoms with Crippen LogP contribution in [0.2, 0.25) is 0 Å². The van der Waals surface area contributed by atoms with E-state index in [-0.39, 0.29) is 0 Å². The van der Waals surface area contributed by atoms with E-state index in [0.29, 0.717) is 0 Å². The highest BCUT2D eigenvalue weighted by atomic mass is 16.5. The summed E-state index contributed by atoms with van der Waals surface area (Å²) >= 11 is 0. The van der Waals surface area contributed by atoms with E-state index in [2.05, 4.69) is 17.3 Å². The predicted octanol–water partition coefficient (Wildman–Crippen LogP) is 3.61. The normalized spacial score (nSPS) is 15.5. The first kappa shape index (κ1) is 9.64. The first-order valence-electron chi connectivity index (χ1n) is 5.98. The maximum atomic E-state index is 5.51. The molecule has 0 spiro atoms. The molecule has 0 saturated carbocycles. The van der Waals surface area contributed by atoms with Gasteiger partial charge >= 0.3 is 0 Å². The Morgan fingerprint density at radius 1 is 0.938 bits per heavy atom.